The lowest BCUT2D eigenvalue weighted by Gasteiger charge is -2.05. The van der Waals surface area contributed by atoms with Crippen LogP contribution in [0.5, 0.6) is 0 Å². The molecule has 0 amide bonds. The van der Waals surface area contributed by atoms with E-state index in [9.17, 15) is 18.0 Å². The van der Waals surface area contributed by atoms with E-state index in [1.165, 1.54) is 0 Å². The van der Waals surface area contributed by atoms with Crippen LogP contribution in [0.3, 0.4) is 0 Å². The molecule has 0 radical (unpaired) electrons. The molecule has 0 aliphatic rings. The third-order valence-corrected chi connectivity index (χ3v) is 2.03. The number of nitrogens with zero attached hydrogens (tertiary/aromatic N) is 1. The summed E-state index contributed by atoms with van der Waals surface area (Å²) in [5.41, 5.74) is 0.337. The van der Waals surface area contributed by atoms with Crippen molar-refractivity contribution in [2.24, 2.45) is 0 Å². The van der Waals surface area contributed by atoms with Crippen LogP contribution in [0.2, 0.25) is 0 Å². The molecule has 0 unspecified atom stereocenters. The average molecular weight is 281 g/mol. The van der Waals surface area contributed by atoms with Crippen LogP contribution in [0, 0.1) is 6.92 Å². The average Bonchev–Trinajstić information content (AvgIpc) is 2.65. The second-order valence-corrected chi connectivity index (χ2v) is 3.66. The highest BCUT2D eigenvalue weighted by Gasteiger charge is 2.27. The minimum atomic E-state index is -4.36. The second kappa shape index (κ2) is 6.55. The Morgan fingerprint density at radius 3 is 2.68 bits per heavy atom. The van der Waals surface area contributed by atoms with Gasteiger partial charge >= 0.3 is 12.1 Å². The Morgan fingerprint density at radius 1 is 1.42 bits per heavy atom. The van der Waals surface area contributed by atoms with Crippen LogP contribution in [0.4, 0.5) is 13.2 Å². The number of hydrogen-bond acceptors (Lipinski definition) is 5. The van der Waals surface area contributed by atoms with Crippen molar-refractivity contribution in [3.63, 3.8) is 0 Å². The minimum Gasteiger partial charge on any atom is -0.460 e. The third kappa shape index (κ3) is 5.29. The summed E-state index contributed by atoms with van der Waals surface area (Å²) >= 11 is 0. The Bertz CT molecular complexity index is 428. The monoisotopic (exact) mass is 281 g/mol. The van der Waals surface area contributed by atoms with Crippen LogP contribution in [-0.2, 0) is 15.9 Å². The fraction of sp³-hybridized carbons (Fsp3) is 0.636. The normalized spacial score (nSPS) is 11.6. The van der Waals surface area contributed by atoms with Gasteiger partial charge in [0.1, 0.15) is 6.61 Å². The van der Waals surface area contributed by atoms with Gasteiger partial charge in [0.15, 0.2) is 5.89 Å². The summed E-state index contributed by atoms with van der Waals surface area (Å²) in [6.07, 6.45) is -4.31. The zero-order valence-electron chi connectivity index (χ0n) is 10.5. The smallest absolute Gasteiger partial charge is 0.411 e. The maximum atomic E-state index is 11.8. The van der Waals surface area contributed by atoms with Gasteiger partial charge in [-0.3, -0.25) is 0 Å². The van der Waals surface area contributed by atoms with E-state index in [2.05, 4.69) is 9.72 Å². The first-order valence-electron chi connectivity index (χ1n) is 5.61. The van der Waals surface area contributed by atoms with Crippen LogP contribution in [0.15, 0.2) is 4.42 Å². The van der Waals surface area contributed by atoms with Gasteiger partial charge in [-0.05, 0) is 13.8 Å². The molecule has 0 aliphatic carbocycles. The van der Waals surface area contributed by atoms with Crippen LogP contribution >= 0.6 is 0 Å². The van der Waals surface area contributed by atoms with E-state index in [-0.39, 0.29) is 31.3 Å². The molecule has 1 aromatic rings. The van der Waals surface area contributed by atoms with Gasteiger partial charge in [0.05, 0.1) is 18.9 Å². The molecule has 0 aromatic carbocycles. The zero-order chi connectivity index (χ0) is 14.5. The first-order chi connectivity index (χ1) is 8.83. The predicted molar refractivity (Wildman–Crippen MR) is 57.8 cm³/mol. The first kappa shape index (κ1) is 15.5. The molecule has 0 saturated heterocycles. The van der Waals surface area contributed by atoms with E-state index in [4.69, 9.17) is 9.15 Å². The molecular weight excluding hydrogens is 267 g/mol. The number of esters is 1. The summed E-state index contributed by atoms with van der Waals surface area (Å²) in [6.45, 7) is 1.88. The SMILES string of the molecule is CCOC(=O)c1oc(CCOCC(F)(F)F)nc1C. The molecular formula is C11H14F3NO4. The number of hydrogen-bond donors (Lipinski definition) is 0. The fourth-order valence-corrected chi connectivity index (χ4v) is 1.29. The van der Waals surface area contributed by atoms with Gasteiger partial charge in [-0.25, -0.2) is 9.78 Å². The van der Waals surface area contributed by atoms with Crippen molar-refractivity contribution in [3.05, 3.63) is 17.3 Å². The summed E-state index contributed by atoms with van der Waals surface area (Å²) in [7, 11) is 0. The van der Waals surface area contributed by atoms with Crippen molar-refractivity contribution in [3.8, 4) is 0 Å². The standard InChI is InChI=1S/C11H14F3NO4/c1-3-18-10(16)9-7(2)15-8(19-9)4-5-17-6-11(12,13)14/h3-6H2,1-2H3. The van der Waals surface area contributed by atoms with Crippen molar-refractivity contribution in [2.45, 2.75) is 26.4 Å². The van der Waals surface area contributed by atoms with E-state index < -0.39 is 18.8 Å². The molecule has 0 spiro atoms. The number of oxazole rings is 1. The lowest BCUT2D eigenvalue weighted by atomic mass is 10.4. The topological polar surface area (TPSA) is 61.6 Å². The molecule has 0 fully saturated rings. The van der Waals surface area contributed by atoms with Gasteiger partial charge in [0.25, 0.3) is 0 Å². The number of rotatable bonds is 6. The zero-order valence-corrected chi connectivity index (χ0v) is 10.5. The summed E-state index contributed by atoms with van der Waals surface area (Å²) in [6, 6.07) is 0. The maximum Gasteiger partial charge on any atom is 0.411 e. The number of carbonyl (C=O) groups excluding carboxylic acids is 1. The lowest BCUT2D eigenvalue weighted by Crippen LogP contribution is -2.18. The highest BCUT2D eigenvalue weighted by atomic mass is 19.4. The number of aryl methyl sites for hydroxylation is 1. The molecule has 8 heteroatoms. The van der Waals surface area contributed by atoms with Crippen LogP contribution in [-0.4, -0.2) is 37.0 Å². The molecule has 1 aromatic heterocycles. The third-order valence-electron chi connectivity index (χ3n) is 2.03. The molecule has 1 rings (SSSR count). The van der Waals surface area contributed by atoms with E-state index >= 15 is 0 Å². The first-order valence-corrected chi connectivity index (χ1v) is 5.61. The number of aromatic nitrogens is 1. The van der Waals surface area contributed by atoms with Gasteiger partial charge in [-0.1, -0.05) is 0 Å². The van der Waals surface area contributed by atoms with Crippen LogP contribution in [0.25, 0.3) is 0 Å². The van der Waals surface area contributed by atoms with Crippen LogP contribution in [0.1, 0.15) is 29.1 Å². The molecule has 0 saturated carbocycles. The van der Waals surface area contributed by atoms with Gasteiger partial charge < -0.3 is 13.9 Å². The Labute approximate surface area is 107 Å². The number of halogens is 3. The highest BCUT2D eigenvalue weighted by molar-refractivity contribution is 5.87. The van der Waals surface area contributed by atoms with E-state index in [1.54, 1.807) is 13.8 Å². The van der Waals surface area contributed by atoms with Crippen molar-refractivity contribution < 1.29 is 31.9 Å². The number of alkyl halides is 3. The summed E-state index contributed by atoms with van der Waals surface area (Å²) in [5, 5.41) is 0. The molecule has 108 valence electrons. The number of carbonyl (C=O) groups is 1. The van der Waals surface area contributed by atoms with Crippen molar-refractivity contribution >= 4 is 5.97 Å². The molecule has 1 heterocycles. The van der Waals surface area contributed by atoms with Gasteiger partial charge in [-0.2, -0.15) is 13.2 Å². The maximum absolute atomic E-state index is 11.8. The van der Waals surface area contributed by atoms with Gasteiger partial charge in [0, 0.05) is 6.42 Å². The lowest BCUT2D eigenvalue weighted by molar-refractivity contribution is -0.173. The summed E-state index contributed by atoms with van der Waals surface area (Å²) < 4.78 is 49.7. The highest BCUT2D eigenvalue weighted by Crippen LogP contribution is 2.15. The fourth-order valence-electron chi connectivity index (χ4n) is 1.29. The van der Waals surface area contributed by atoms with E-state index in [1.807, 2.05) is 0 Å². The largest absolute Gasteiger partial charge is 0.460 e. The Morgan fingerprint density at radius 2 is 2.11 bits per heavy atom. The van der Waals surface area contributed by atoms with Crippen molar-refractivity contribution in [1.29, 1.82) is 0 Å². The summed E-state index contributed by atoms with van der Waals surface area (Å²) in [4.78, 5) is 15.3. The Balaban J connectivity index is 2.48. The number of ether oxygens (including phenoxy) is 2. The molecule has 0 atom stereocenters. The van der Waals surface area contributed by atoms with Gasteiger partial charge in [0.2, 0.25) is 5.76 Å². The molecule has 0 bridgehead atoms. The van der Waals surface area contributed by atoms with Crippen molar-refractivity contribution in [2.75, 3.05) is 19.8 Å². The quantitative estimate of drug-likeness (QED) is 0.591. The second-order valence-electron chi connectivity index (χ2n) is 3.66. The predicted octanol–water partition coefficient (Wildman–Crippen LogP) is 2.28. The van der Waals surface area contributed by atoms with E-state index in [0.717, 1.165) is 0 Å². The van der Waals surface area contributed by atoms with E-state index in [0.29, 0.717) is 5.69 Å². The van der Waals surface area contributed by atoms with Crippen LogP contribution < -0.4 is 0 Å². The molecule has 0 aliphatic heterocycles. The molecule has 0 N–H and O–H groups in total. The summed E-state index contributed by atoms with van der Waals surface area (Å²) in [5.74, 6) is -0.537. The Hall–Kier alpha value is -1.57. The minimum absolute atomic E-state index is 0.0346. The molecule has 19 heavy (non-hydrogen) atoms. The van der Waals surface area contributed by atoms with Crippen molar-refractivity contribution in [1.82, 2.24) is 4.98 Å². The Kier molecular flexibility index (Phi) is 5.34. The van der Waals surface area contributed by atoms with Gasteiger partial charge in [-0.15, -0.1) is 0 Å². The molecule has 5 nitrogen and oxygen atoms in total.